The zero-order valence-electron chi connectivity index (χ0n) is 16.4. The summed E-state index contributed by atoms with van der Waals surface area (Å²) in [6.45, 7) is 2.04. The lowest BCUT2D eigenvalue weighted by atomic mass is 9.53. The Balaban J connectivity index is 1.22. The monoisotopic (exact) mass is 413 g/mol. The molecule has 2 aromatic heterocycles. The number of thioether (sulfide) groups is 1. The van der Waals surface area contributed by atoms with Crippen LogP contribution in [0.1, 0.15) is 62.3 Å². The van der Waals surface area contributed by atoms with Gasteiger partial charge in [-0.2, -0.15) is 0 Å². The molecule has 28 heavy (non-hydrogen) atoms. The minimum Gasteiger partial charge on any atom is -0.350 e. The highest BCUT2D eigenvalue weighted by Gasteiger charge is 2.51. The molecule has 4 bridgehead atoms. The Hall–Kier alpha value is -1.14. The minimum atomic E-state index is -0.122. The van der Waals surface area contributed by atoms with Crippen molar-refractivity contribution in [3.8, 4) is 0 Å². The predicted octanol–water partition coefficient (Wildman–Crippen LogP) is 4.75. The molecule has 6 heteroatoms. The van der Waals surface area contributed by atoms with Crippen molar-refractivity contribution in [3.05, 3.63) is 16.8 Å². The molecule has 2 heterocycles. The number of amides is 1. The lowest BCUT2D eigenvalue weighted by Crippen LogP contribution is -2.60. The number of hydrogen-bond acceptors (Lipinski definition) is 5. The van der Waals surface area contributed by atoms with Gasteiger partial charge in [0, 0.05) is 15.8 Å². The minimum absolute atomic E-state index is 0.0886. The van der Waals surface area contributed by atoms with Crippen molar-refractivity contribution in [1.82, 2.24) is 15.3 Å². The van der Waals surface area contributed by atoms with Crippen molar-refractivity contribution in [2.24, 2.45) is 17.8 Å². The fraction of sp³-hybridized carbons (Fsp3) is 0.682. The summed E-state index contributed by atoms with van der Waals surface area (Å²) in [6.07, 6.45) is 13.0. The van der Waals surface area contributed by atoms with E-state index in [1.54, 1.807) is 18.1 Å². The second-order valence-corrected chi connectivity index (χ2v) is 12.1. The van der Waals surface area contributed by atoms with Gasteiger partial charge < -0.3 is 5.32 Å². The zero-order chi connectivity index (χ0) is 18.9. The molecule has 5 aliphatic carbocycles. The van der Waals surface area contributed by atoms with Gasteiger partial charge in [0.15, 0.2) is 0 Å². The lowest BCUT2D eigenvalue weighted by molar-refractivity contribution is -0.126. The van der Waals surface area contributed by atoms with Crippen molar-refractivity contribution >= 4 is 39.2 Å². The number of aromatic nitrogens is 2. The average molecular weight is 414 g/mol. The molecule has 1 N–H and O–H groups in total. The molecule has 0 unspecified atom stereocenters. The molecule has 2 aromatic rings. The van der Waals surface area contributed by atoms with E-state index in [4.69, 9.17) is 0 Å². The summed E-state index contributed by atoms with van der Waals surface area (Å²) >= 11 is 3.44. The number of nitrogens with one attached hydrogen (secondary N) is 1. The maximum Gasteiger partial charge on any atom is 0.233 e. The Morgan fingerprint density at radius 1 is 1.18 bits per heavy atom. The van der Waals surface area contributed by atoms with Gasteiger partial charge in [0.25, 0.3) is 0 Å². The van der Waals surface area contributed by atoms with E-state index >= 15 is 0 Å². The third-order valence-corrected chi connectivity index (χ3v) is 9.85. The standard InChI is InChI=1S/C22H27N3OS2/c1-12(19(26)25-22-8-13-5-14(9-22)7-15(6-13)10-22)27-20-18-16-3-2-4-17(16)28-21(18)24-11-23-20/h11-15H,2-10H2,1H3,(H,25,26)/t12-,13?,14?,15?,22?/m1/s1. The van der Waals surface area contributed by atoms with Crippen LogP contribution in [0.15, 0.2) is 11.4 Å². The molecule has 148 valence electrons. The third-order valence-electron chi connectivity index (χ3n) is 7.55. The highest BCUT2D eigenvalue weighted by molar-refractivity contribution is 8.00. The fourth-order valence-electron chi connectivity index (χ4n) is 6.84. The first-order chi connectivity index (χ1) is 13.6. The first-order valence-corrected chi connectivity index (χ1v) is 12.5. The molecule has 4 fully saturated rings. The van der Waals surface area contributed by atoms with Crippen LogP contribution in [0, 0.1) is 17.8 Å². The van der Waals surface area contributed by atoms with Crippen molar-refractivity contribution in [2.45, 2.75) is 80.5 Å². The molecule has 1 amide bonds. The van der Waals surface area contributed by atoms with Gasteiger partial charge in [-0.3, -0.25) is 4.79 Å². The topological polar surface area (TPSA) is 54.9 Å². The van der Waals surface area contributed by atoms with E-state index in [0.29, 0.717) is 0 Å². The summed E-state index contributed by atoms with van der Waals surface area (Å²) in [7, 11) is 0. The second-order valence-electron chi connectivity index (χ2n) is 9.66. The van der Waals surface area contributed by atoms with E-state index in [1.807, 2.05) is 18.3 Å². The molecular weight excluding hydrogens is 386 g/mol. The molecule has 0 radical (unpaired) electrons. The molecule has 1 atom stereocenters. The molecule has 7 rings (SSSR count). The average Bonchev–Trinajstić information content (AvgIpc) is 3.21. The van der Waals surface area contributed by atoms with E-state index < -0.39 is 0 Å². The zero-order valence-corrected chi connectivity index (χ0v) is 18.0. The van der Waals surface area contributed by atoms with Gasteiger partial charge in [-0.25, -0.2) is 9.97 Å². The maximum absolute atomic E-state index is 13.2. The fourth-order valence-corrected chi connectivity index (χ4v) is 9.08. The summed E-state index contributed by atoms with van der Waals surface area (Å²) < 4.78 is 0. The van der Waals surface area contributed by atoms with Crippen LogP contribution >= 0.6 is 23.1 Å². The molecule has 4 saturated carbocycles. The van der Waals surface area contributed by atoms with E-state index in [1.165, 1.54) is 67.2 Å². The number of carbonyl (C=O) groups excluding carboxylic acids is 1. The van der Waals surface area contributed by atoms with Gasteiger partial charge in [0.1, 0.15) is 16.2 Å². The number of rotatable bonds is 4. The number of fused-ring (bicyclic) bond motifs is 3. The van der Waals surface area contributed by atoms with Gasteiger partial charge in [-0.15, -0.1) is 11.3 Å². The highest BCUT2D eigenvalue weighted by Crippen LogP contribution is 2.55. The van der Waals surface area contributed by atoms with Crippen LogP contribution < -0.4 is 5.32 Å². The molecule has 0 aromatic carbocycles. The molecule has 5 aliphatic rings. The summed E-state index contributed by atoms with van der Waals surface area (Å²) in [6, 6.07) is 0. The molecule has 4 nitrogen and oxygen atoms in total. The molecule has 0 spiro atoms. The predicted molar refractivity (Wildman–Crippen MR) is 114 cm³/mol. The van der Waals surface area contributed by atoms with Crippen LogP contribution in [0.5, 0.6) is 0 Å². The first kappa shape index (κ1) is 17.7. The summed E-state index contributed by atoms with van der Waals surface area (Å²) in [5, 5.41) is 5.64. The third kappa shape index (κ3) is 2.82. The number of aryl methyl sites for hydroxylation is 2. The molecule has 0 saturated heterocycles. The van der Waals surface area contributed by atoms with Crippen molar-refractivity contribution in [1.29, 1.82) is 0 Å². The first-order valence-electron chi connectivity index (χ1n) is 10.8. The Bertz CT molecular complexity index is 917. The van der Waals surface area contributed by atoms with E-state index in [-0.39, 0.29) is 16.7 Å². The number of hydrogen-bond donors (Lipinski definition) is 1. The van der Waals surface area contributed by atoms with Crippen molar-refractivity contribution in [2.75, 3.05) is 0 Å². The van der Waals surface area contributed by atoms with Gasteiger partial charge in [-0.1, -0.05) is 11.8 Å². The number of nitrogens with zero attached hydrogens (tertiary/aromatic N) is 2. The van der Waals surface area contributed by atoms with Crippen LogP contribution in [0.3, 0.4) is 0 Å². The lowest BCUT2D eigenvalue weighted by Gasteiger charge is -2.57. The van der Waals surface area contributed by atoms with Crippen LogP contribution in [0.2, 0.25) is 0 Å². The van der Waals surface area contributed by atoms with Crippen LogP contribution in [-0.2, 0) is 17.6 Å². The smallest absolute Gasteiger partial charge is 0.233 e. The van der Waals surface area contributed by atoms with Crippen LogP contribution in [0.25, 0.3) is 10.2 Å². The Morgan fingerprint density at radius 3 is 2.61 bits per heavy atom. The van der Waals surface area contributed by atoms with Gasteiger partial charge >= 0.3 is 0 Å². The Kier molecular flexibility index (Phi) is 4.06. The van der Waals surface area contributed by atoms with Crippen molar-refractivity contribution in [3.63, 3.8) is 0 Å². The quantitative estimate of drug-likeness (QED) is 0.581. The number of thiophene rings is 1. The largest absolute Gasteiger partial charge is 0.350 e. The van der Waals surface area contributed by atoms with E-state index in [9.17, 15) is 4.79 Å². The van der Waals surface area contributed by atoms with Crippen LogP contribution in [0.4, 0.5) is 0 Å². The number of carbonyl (C=O) groups is 1. The Labute approximate surface area is 174 Å². The van der Waals surface area contributed by atoms with Crippen LogP contribution in [-0.4, -0.2) is 26.7 Å². The van der Waals surface area contributed by atoms with E-state index in [0.717, 1.165) is 34.0 Å². The maximum atomic E-state index is 13.2. The summed E-state index contributed by atoms with van der Waals surface area (Å²) in [5.74, 6) is 2.75. The second kappa shape index (κ2) is 6.43. The van der Waals surface area contributed by atoms with E-state index in [2.05, 4.69) is 15.3 Å². The van der Waals surface area contributed by atoms with Crippen molar-refractivity contribution < 1.29 is 4.79 Å². The summed E-state index contributed by atoms with van der Waals surface area (Å²) in [5.41, 5.74) is 1.53. The Morgan fingerprint density at radius 2 is 1.89 bits per heavy atom. The SMILES string of the molecule is C[C@@H](Sc1ncnc2sc3c(c12)CCC3)C(=O)NC12CC3CC(CC(C3)C1)C2. The van der Waals surface area contributed by atoms with Gasteiger partial charge in [0.05, 0.1) is 5.25 Å². The highest BCUT2D eigenvalue weighted by atomic mass is 32.2. The molecular formula is C22H27N3OS2. The van der Waals surface area contributed by atoms with Gasteiger partial charge in [0.2, 0.25) is 5.91 Å². The summed E-state index contributed by atoms with van der Waals surface area (Å²) in [4.78, 5) is 24.8. The normalized spacial score (nSPS) is 34.0. The van der Waals surface area contributed by atoms with Gasteiger partial charge in [-0.05, 0) is 88.0 Å². The molecule has 0 aliphatic heterocycles.